The Morgan fingerprint density at radius 2 is 1.89 bits per heavy atom. The number of hydrogen-bond acceptors (Lipinski definition) is 2. The fourth-order valence-corrected chi connectivity index (χ4v) is 3.49. The van der Waals surface area contributed by atoms with Crippen LogP contribution in [0.15, 0.2) is 30.3 Å². The van der Waals surface area contributed by atoms with Crippen LogP contribution >= 0.6 is 0 Å². The van der Waals surface area contributed by atoms with E-state index in [1.807, 2.05) is 7.11 Å². The summed E-state index contributed by atoms with van der Waals surface area (Å²) in [5.74, 6) is 0. The molecule has 106 valence electrons. The summed E-state index contributed by atoms with van der Waals surface area (Å²) >= 11 is 0. The van der Waals surface area contributed by atoms with Crippen LogP contribution in [0.25, 0.3) is 0 Å². The lowest BCUT2D eigenvalue weighted by molar-refractivity contribution is -0.0362. The minimum absolute atomic E-state index is 0.0887. The van der Waals surface area contributed by atoms with Crippen molar-refractivity contribution in [1.29, 1.82) is 0 Å². The van der Waals surface area contributed by atoms with Gasteiger partial charge >= 0.3 is 0 Å². The number of nitrogens with one attached hydrogen (secondary N) is 1. The second kappa shape index (κ2) is 7.06. The van der Waals surface area contributed by atoms with Crippen LogP contribution in [0.1, 0.15) is 44.1 Å². The van der Waals surface area contributed by atoms with Gasteiger partial charge in [-0.2, -0.15) is 0 Å². The summed E-state index contributed by atoms with van der Waals surface area (Å²) in [7, 11) is 3.96. The monoisotopic (exact) mass is 261 g/mol. The van der Waals surface area contributed by atoms with Crippen molar-refractivity contribution in [2.24, 2.45) is 0 Å². The van der Waals surface area contributed by atoms with Gasteiger partial charge in [-0.1, -0.05) is 43.2 Å². The Hall–Kier alpha value is -0.860. The predicted molar refractivity (Wildman–Crippen MR) is 80.4 cm³/mol. The highest BCUT2D eigenvalue weighted by Crippen LogP contribution is 2.37. The second-order valence-electron chi connectivity index (χ2n) is 5.70. The number of ether oxygens (including phenoxy) is 1. The molecule has 1 N–H and O–H groups in total. The van der Waals surface area contributed by atoms with Gasteiger partial charge in [-0.15, -0.1) is 0 Å². The molecule has 1 unspecified atom stereocenters. The molecule has 2 heteroatoms. The van der Waals surface area contributed by atoms with Crippen LogP contribution in [-0.2, 0) is 11.2 Å². The number of methoxy groups -OCH3 is 1. The van der Waals surface area contributed by atoms with Gasteiger partial charge in [0.2, 0.25) is 0 Å². The summed E-state index contributed by atoms with van der Waals surface area (Å²) in [6.07, 6.45) is 8.62. The van der Waals surface area contributed by atoms with Crippen molar-refractivity contribution in [3.8, 4) is 0 Å². The molecule has 1 aromatic rings. The summed E-state index contributed by atoms with van der Waals surface area (Å²) < 4.78 is 5.89. The van der Waals surface area contributed by atoms with Crippen LogP contribution in [-0.4, -0.2) is 25.8 Å². The molecule has 1 aliphatic rings. The standard InChI is InChI=1S/C17H27NO/c1-18-16(17(19-2)13-6-7-14-17)12-8-11-15-9-4-3-5-10-15/h3-5,9-10,16,18H,6-8,11-14H2,1-2H3. The SMILES string of the molecule is CNC(CCCc1ccccc1)C1(OC)CCCC1. The Kier molecular flexibility index (Phi) is 5.41. The average molecular weight is 261 g/mol. The molecule has 1 aromatic carbocycles. The molecule has 0 amide bonds. The van der Waals surface area contributed by atoms with E-state index in [0.717, 1.165) is 0 Å². The van der Waals surface area contributed by atoms with Crippen LogP contribution in [0.5, 0.6) is 0 Å². The Labute approximate surface area is 117 Å². The van der Waals surface area contributed by atoms with Crippen molar-refractivity contribution >= 4 is 0 Å². The van der Waals surface area contributed by atoms with Gasteiger partial charge in [-0.05, 0) is 44.7 Å². The van der Waals surface area contributed by atoms with E-state index in [1.54, 1.807) is 0 Å². The Balaban J connectivity index is 1.85. The fraction of sp³-hybridized carbons (Fsp3) is 0.647. The number of benzene rings is 1. The van der Waals surface area contributed by atoms with Gasteiger partial charge < -0.3 is 10.1 Å². The molecule has 0 heterocycles. The maximum Gasteiger partial charge on any atom is 0.0830 e. The number of rotatable bonds is 7. The lowest BCUT2D eigenvalue weighted by atomic mass is 9.88. The Morgan fingerprint density at radius 1 is 1.21 bits per heavy atom. The van der Waals surface area contributed by atoms with E-state index in [0.29, 0.717) is 6.04 Å². The van der Waals surface area contributed by atoms with E-state index in [1.165, 1.54) is 50.5 Å². The molecule has 19 heavy (non-hydrogen) atoms. The first-order valence-corrected chi connectivity index (χ1v) is 7.57. The molecule has 0 radical (unpaired) electrons. The lowest BCUT2D eigenvalue weighted by Gasteiger charge is -2.36. The summed E-state index contributed by atoms with van der Waals surface area (Å²) in [4.78, 5) is 0. The minimum Gasteiger partial charge on any atom is -0.377 e. The first-order chi connectivity index (χ1) is 9.30. The van der Waals surface area contributed by atoms with E-state index in [-0.39, 0.29) is 5.60 Å². The van der Waals surface area contributed by atoms with Crippen molar-refractivity contribution < 1.29 is 4.74 Å². The van der Waals surface area contributed by atoms with Crippen molar-refractivity contribution in [3.05, 3.63) is 35.9 Å². The van der Waals surface area contributed by atoms with Crippen LogP contribution < -0.4 is 5.32 Å². The van der Waals surface area contributed by atoms with Crippen molar-refractivity contribution in [2.45, 2.75) is 56.6 Å². The lowest BCUT2D eigenvalue weighted by Crippen LogP contribution is -2.49. The molecule has 0 aliphatic heterocycles. The second-order valence-corrected chi connectivity index (χ2v) is 5.70. The molecule has 0 aromatic heterocycles. The van der Waals surface area contributed by atoms with E-state index >= 15 is 0 Å². The fourth-order valence-electron chi connectivity index (χ4n) is 3.49. The van der Waals surface area contributed by atoms with E-state index in [4.69, 9.17) is 4.74 Å². The van der Waals surface area contributed by atoms with Gasteiger partial charge in [0.1, 0.15) is 0 Å². The number of hydrogen-bond donors (Lipinski definition) is 1. The summed E-state index contributed by atoms with van der Waals surface area (Å²) in [5.41, 5.74) is 1.53. The van der Waals surface area contributed by atoms with Gasteiger partial charge in [0, 0.05) is 13.2 Å². The molecule has 0 bridgehead atoms. The molecule has 2 nitrogen and oxygen atoms in total. The van der Waals surface area contributed by atoms with E-state index in [9.17, 15) is 0 Å². The molecule has 1 aliphatic carbocycles. The average Bonchev–Trinajstić information content (AvgIpc) is 2.95. The third-order valence-electron chi connectivity index (χ3n) is 4.64. The maximum absolute atomic E-state index is 5.89. The van der Waals surface area contributed by atoms with Gasteiger partial charge in [-0.25, -0.2) is 0 Å². The van der Waals surface area contributed by atoms with Gasteiger partial charge in [0.15, 0.2) is 0 Å². The van der Waals surface area contributed by atoms with Crippen LogP contribution in [0.3, 0.4) is 0 Å². The van der Waals surface area contributed by atoms with Crippen LogP contribution in [0.4, 0.5) is 0 Å². The highest BCUT2D eigenvalue weighted by molar-refractivity contribution is 5.14. The van der Waals surface area contributed by atoms with E-state index < -0.39 is 0 Å². The molecular weight excluding hydrogens is 234 g/mol. The van der Waals surface area contributed by atoms with Crippen molar-refractivity contribution in [1.82, 2.24) is 5.32 Å². The highest BCUT2D eigenvalue weighted by Gasteiger charge is 2.40. The normalized spacial score (nSPS) is 19.5. The topological polar surface area (TPSA) is 21.3 Å². The predicted octanol–water partition coefficient (Wildman–Crippen LogP) is 3.56. The molecule has 0 saturated heterocycles. The summed E-state index contributed by atoms with van der Waals surface area (Å²) in [6, 6.07) is 11.3. The Morgan fingerprint density at radius 3 is 2.47 bits per heavy atom. The van der Waals surface area contributed by atoms with Crippen LogP contribution in [0, 0.1) is 0 Å². The number of aryl methyl sites for hydroxylation is 1. The van der Waals surface area contributed by atoms with Crippen molar-refractivity contribution in [2.75, 3.05) is 14.2 Å². The zero-order chi connectivity index (χ0) is 13.6. The smallest absolute Gasteiger partial charge is 0.0830 e. The Bertz CT molecular complexity index is 357. The first kappa shape index (κ1) is 14.5. The largest absolute Gasteiger partial charge is 0.377 e. The maximum atomic E-state index is 5.89. The summed E-state index contributed by atoms with van der Waals surface area (Å²) in [6.45, 7) is 0. The molecule has 1 fully saturated rings. The van der Waals surface area contributed by atoms with Gasteiger partial charge in [0.05, 0.1) is 5.60 Å². The third-order valence-corrected chi connectivity index (χ3v) is 4.64. The minimum atomic E-state index is 0.0887. The molecular formula is C17H27NO. The zero-order valence-corrected chi connectivity index (χ0v) is 12.3. The van der Waals surface area contributed by atoms with E-state index in [2.05, 4.69) is 42.7 Å². The zero-order valence-electron chi connectivity index (χ0n) is 12.3. The molecule has 0 spiro atoms. The molecule has 1 saturated carbocycles. The van der Waals surface area contributed by atoms with Gasteiger partial charge in [0.25, 0.3) is 0 Å². The first-order valence-electron chi connectivity index (χ1n) is 7.57. The highest BCUT2D eigenvalue weighted by atomic mass is 16.5. The number of likely N-dealkylation sites (N-methyl/N-ethyl adjacent to an activating group) is 1. The quantitative estimate of drug-likeness (QED) is 0.810. The molecule has 2 rings (SSSR count). The third kappa shape index (κ3) is 3.58. The summed E-state index contributed by atoms with van der Waals surface area (Å²) in [5, 5.41) is 3.50. The van der Waals surface area contributed by atoms with Crippen LogP contribution in [0.2, 0.25) is 0 Å². The molecule has 1 atom stereocenters. The van der Waals surface area contributed by atoms with Crippen molar-refractivity contribution in [3.63, 3.8) is 0 Å². The van der Waals surface area contributed by atoms with Gasteiger partial charge in [-0.3, -0.25) is 0 Å².